The number of halogens is 3. The lowest BCUT2D eigenvalue weighted by Gasteiger charge is -2.34. The van der Waals surface area contributed by atoms with Crippen LogP contribution in [0.2, 0.25) is 0 Å². The molecular formula is C26H22F3N5O3. The summed E-state index contributed by atoms with van der Waals surface area (Å²) in [7, 11) is 1.41. The van der Waals surface area contributed by atoms with Crippen molar-refractivity contribution >= 4 is 23.2 Å². The summed E-state index contributed by atoms with van der Waals surface area (Å²) in [4.78, 5) is 27.8. The zero-order chi connectivity index (χ0) is 26.5. The van der Waals surface area contributed by atoms with E-state index in [0.29, 0.717) is 18.0 Å². The van der Waals surface area contributed by atoms with E-state index in [1.165, 1.54) is 53.2 Å². The van der Waals surface area contributed by atoms with Gasteiger partial charge in [-0.3, -0.25) is 14.3 Å². The summed E-state index contributed by atoms with van der Waals surface area (Å²) < 4.78 is 49.7. The Labute approximate surface area is 210 Å². The lowest BCUT2D eigenvalue weighted by Crippen LogP contribution is -2.47. The summed E-state index contributed by atoms with van der Waals surface area (Å²) in [6.45, 7) is 2.08. The molecule has 3 aromatic rings. The molecule has 37 heavy (non-hydrogen) atoms. The maximum absolute atomic E-state index is 14.5. The first-order valence-corrected chi connectivity index (χ1v) is 11.6. The SMILES string of the molecule is COc1ccc(C(=O)Nc2cnn3c2C(=O)N(c2ccc(C(F)(F)C4(F)CC4)cc2)C(C)C3)cc1C#N. The molecule has 1 aliphatic heterocycles. The molecule has 11 heteroatoms. The van der Waals surface area contributed by atoms with Crippen molar-refractivity contribution in [1.29, 1.82) is 5.26 Å². The van der Waals surface area contributed by atoms with Crippen molar-refractivity contribution in [1.82, 2.24) is 9.78 Å². The molecule has 1 N–H and O–H groups in total. The van der Waals surface area contributed by atoms with Crippen LogP contribution < -0.4 is 15.0 Å². The number of methoxy groups -OCH3 is 1. The summed E-state index contributed by atoms with van der Waals surface area (Å²) >= 11 is 0. The number of amides is 2. The Bertz CT molecular complexity index is 1440. The predicted octanol–water partition coefficient (Wildman–Crippen LogP) is 4.66. The molecule has 1 unspecified atom stereocenters. The van der Waals surface area contributed by atoms with Crippen LogP contribution in [0.5, 0.6) is 5.75 Å². The van der Waals surface area contributed by atoms with Crippen LogP contribution in [0, 0.1) is 11.3 Å². The Morgan fingerprint density at radius 3 is 2.57 bits per heavy atom. The highest BCUT2D eigenvalue weighted by molar-refractivity contribution is 6.13. The van der Waals surface area contributed by atoms with E-state index in [-0.39, 0.29) is 41.4 Å². The van der Waals surface area contributed by atoms with Gasteiger partial charge in [0.15, 0.2) is 5.67 Å². The molecule has 5 rings (SSSR count). The first-order valence-electron chi connectivity index (χ1n) is 11.6. The topological polar surface area (TPSA) is 100 Å². The van der Waals surface area contributed by atoms with E-state index in [1.54, 1.807) is 6.92 Å². The molecule has 1 saturated carbocycles. The Morgan fingerprint density at radius 2 is 1.95 bits per heavy atom. The van der Waals surface area contributed by atoms with Crippen molar-refractivity contribution in [2.24, 2.45) is 0 Å². The number of benzene rings is 2. The maximum Gasteiger partial charge on any atom is 0.306 e. The molecule has 1 fully saturated rings. The van der Waals surface area contributed by atoms with Gasteiger partial charge in [-0.15, -0.1) is 0 Å². The number of nitrogens with zero attached hydrogens (tertiary/aromatic N) is 4. The second-order valence-corrected chi connectivity index (χ2v) is 9.18. The number of aromatic nitrogens is 2. The number of carbonyl (C=O) groups excluding carboxylic acids is 2. The van der Waals surface area contributed by atoms with Gasteiger partial charge in [0, 0.05) is 16.8 Å². The number of anilines is 2. The number of alkyl halides is 3. The smallest absolute Gasteiger partial charge is 0.306 e. The van der Waals surface area contributed by atoms with Crippen molar-refractivity contribution in [3.8, 4) is 11.8 Å². The number of nitriles is 1. The van der Waals surface area contributed by atoms with Gasteiger partial charge in [-0.05, 0) is 50.1 Å². The van der Waals surface area contributed by atoms with Crippen LogP contribution >= 0.6 is 0 Å². The highest BCUT2D eigenvalue weighted by Gasteiger charge is 2.64. The average molecular weight is 509 g/mol. The van der Waals surface area contributed by atoms with Crippen LogP contribution in [-0.2, 0) is 12.5 Å². The molecule has 0 saturated heterocycles. The largest absolute Gasteiger partial charge is 0.495 e. The summed E-state index contributed by atoms with van der Waals surface area (Å²) in [6, 6.07) is 11.0. The number of ether oxygens (including phenoxy) is 1. The minimum atomic E-state index is -3.61. The molecular weight excluding hydrogens is 487 g/mol. The van der Waals surface area contributed by atoms with E-state index in [2.05, 4.69) is 10.4 Å². The van der Waals surface area contributed by atoms with E-state index in [9.17, 15) is 28.0 Å². The van der Waals surface area contributed by atoms with Gasteiger partial charge in [-0.2, -0.15) is 19.1 Å². The van der Waals surface area contributed by atoms with Crippen molar-refractivity contribution in [2.75, 3.05) is 17.3 Å². The molecule has 1 atom stereocenters. The van der Waals surface area contributed by atoms with Crippen LogP contribution in [0.3, 0.4) is 0 Å². The van der Waals surface area contributed by atoms with E-state index in [4.69, 9.17) is 4.74 Å². The first kappa shape index (κ1) is 24.4. The molecule has 0 spiro atoms. The number of fused-ring (bicyclic) bond motifs is 1. The predicted molar refractivity (Wildman–Crippen MR) is 128 cm³/mol. The van der Waals surface area contributed by atoms with Gasteiger partial charge in [-0.25, -0.2) is 4.39 Å². The maximum atomic E-state index is 14.5. The molecule has 0 radical (unpaired) electrons. The second-order valence-electron chi connectivity index (χ2n) is 9.18. The van der Waals surface area contributed by atoms with Crippen LogP contribution in [0.1, 0.15) is 51.7 Å². The fourth-order valence-electron chi connectivity index (χ4n) is 4.50. The van der Waals surface area contributed by atoms with Gasteiger partial charge in [0.2, 0.25) is 0 Å². The van der Waals surface area contributed by atoms with Gasteiger partial charge >= 0.3 is 5.92 Å². The third kappa shape index (κ3) is 3.98. The lowest BCUT2D eigenvalue weighted by atomic mass is 10.0. The van der Waals surface area contributed by atoms with Crippen LogP contribution in [0.4, 0.5) is 24.5 Å². The van der Waals surface area contributed by atoms with E-state index in [0.717, 1.165) is 12.1 Å². The Morgan fingerprint density at radius 1 is 1.24 bits per heavy atom. The molecule has 2 heterocycles. The van der Waals surface area contributed by atoms with Crippen LogP contribution in [0.15, 0.2) is 48.7 Å². The number of rotatable bonds is 6. The third-order valence-corrected chi connectivity index (χ3v) is 6.73. The highest BCUT2D eigenvalue weighted by atomic mass is 19.3. The molecule has 1 aliphatic carbocycles. The standard InChI is InChI=1S/C26H22F3N5O3/c1-15-14-33-22(20(13-31-33)32-23(35)16-3-8-21(37-2)17(11-16)12-30)24(36)34(15)19-6-4-18(5-7-19)26(28,29)25(27)9-10-25/h3-8,11,13,15H,9-10,14H2,1-2H3,(H,32,35). The quantitative estimate of drug-likeness (QED) is 0.521. The first-order chi connectivity index (χ1) is 17.6. The van der Waals surface area contributed by atoms with Gasteiger partial charge < -0.3 is 15.0 Å². The fraction of sp³-hybridized carbons (Fsp3) is 0.308. The molecule has 2 aliphatic rings. The van der Waals surface area contributed by atoms with E-state index >= 15 is 0 Å². The molecule has 8 nitrogen and oxygen atoms in total. The Balaban J connectivity index is 1.40. The van der Waals surface area contributed by atoms with E-state index in [1.807, 2.05) is 6.07 Å². The summed E-state index contributed by atoms with van der Waals surface area (Å²) in [6.07, 6.45) is 0.989. The van der Waals surface area contributed by atoms with Crippen molar-refractivity contribution in [2.45, 2.75) is 43.9 Å². The zero-order valence-corrected chi connectivity index (χ0v) is 20.0. The number of carbonyl (C=O) groups is 2. The molecule has 2 aromatic carbocycles. The van der Waals surface area contributed by atoms with Crippen LogP contribution in [-0.4, -0.2) is 40.4 Å². The van der Waals surface area contributed by atoms with Crippen molar-refractivity contribution in [3.05, 3.63) is 71.0 Å². The molecule has 0 bridgehead atoms. The van der Waals surface area contributed by atoms with Crippen LogP contribution in [0.25, 0.3) is 0 Å². The van der Waals surface area contributed by atoms with E-state index < -0.39 is 29.0 Å². The molecule has 1 aromatic heterocycles. The molecule has 2 amide bonds. The minimum absolute atomic E-state index is 0.121. The van der Waals surface area contributed by atoms with Gasteiger partial charge in [0.05, 0.1) is 37.1 Å². The monoisotopic (exact) mass is 509 g/mol. The van der Waals surface area contributed by atoms with Crippen molar-refractivity contribution < 1.29 is 27.5 Å². The summed E-state index contributed by atoms with van der Waals surface area (Å²) in [5.41, 5.74) is -1.95. The molecule has 190 valence electrons. The second kappa shape index (κ2) is 8.65. The normalized spacial score (nSPS) is 18.1. The van der Waals surface area contributed by atoms with Gasteiger partial charge in [0.25, 0.3) is 11.8 Å². The van der Waals surface area contributed by atoms with Gasteiger partial charge in [0.1, 0.15) is 17.5 Å². The average Bonchev–Trinajstić information content (AvgIpc) is 3.53. The minimum Gasteiger partial charge on any atom is -0.495 e. The number of hydrogen-bond donors (Lipinski definition) is 1. The van der Waals surface area contributed by atoms with Gasteiger partial charge in [-0.1, -0.05) is 12.1 Å². The lowest BCUT2D eigenvalue weighted by molar-refractivity contribution is -0.0939. The van der Waals surface area contributed by atoms with Crippen molar-refractivity contribution in [3.63, 3.8) is 0 Å². The summed E-state index contributed by atoms with van der Waals surface area (Å²) in [5.74, 6) is -4.32. The summed E-state index contributed by atoms with van der Waals surface area (Å²) in [5, 5.41) is 16.2. The number of hydrogen-bond acceptors (Lipinski definition) is 5. The highest BCUT2D eigenvalue weighted by Crippen LogP contribution is 2.56. The third-order valence-electron chi connectivity index (χ3n) is 6.73. The Hall–Kier alpha value is -4.33. The Kier molecular flexibility index (Phi) is 5.70. The number of nitrogens with one attached hydrogen (secondary N) is 1. The zero-order valence-electron chi connectivity index (χ0n) is 20.0. The fourth-order valence-corrected chi connectivity index (χ4v) is 4.50.